The molecule has 2 N–H and O–H groups in total. The first-order chi connectivity index (χ1) is 8.59. The summed E-state index contributed by atoms with van der Waals surface area (Å²) in [6.45, 7) is 1.55. The van der Waals surface area contributed by atoms with Gasteiger partial charge in [0.1, 0.15) is 5.82 Å². The van der Waals surface area contributed by atoms with Crippen LogP contribution in [-0.2, 0) is 4.79 Å². The number of halogens is 2. The SMILES string of the molecule is NC(CC(=O)N1CCCC1)c1c(F)cccc1Cl. The van der Waals surface area contributed by atoms with Crippen molar-refractivity contribution in [3.05, 3.63) is 34.6 Å². The van der Waals surface area contributed by atoms with E-state index < -0.39 is 11.9 Å². The maximum absolute atomic E-state index is 13.6. The molecule has 1 heterocycles. The Hall–Kier alpha value is -1.13. The second kappa shape index (κ2) is 5.67. The number of nitrogens with two attached hydrogens (primary N) is 1. The molecule has 1 aromatic rings. The van der Waals surface area contributed by atoms with E-state index in [-0.39, 0.29) is 22.9 Å². The highest BCUT2D eigenvalue weighted by Gasteiger charge is 2.23. The molecular weight excluding hydrogens is 255 g/mol. The van der Waals surface area contributed by atoms with Gasteiger partial charge in [0.2, 0.25) is 5.91 Å². The lowest BCUT2D eigenvalue weighted by Gasteiger charge is -2.19. The molecule has 1 atom stereocenters. The van der Waals surface area contributed by atoms with Crippen LogP contribution in [0.3, 0.4) is 0 Å². The topological polar surface area (TPSA) is 46.3 Å². The van der Waals surface area contributed by atoms with E-state index in [2.05, 4.69) is 0 Å². The number of hydrogen-bond donors (Lipinski definition) is 1. The molecule has 1 aliphatic rings. The zero-order valence-electron chi connectivity index (χ0n) is 10.0. The summed E-state index contributed by atoms with van der Waals surface area (Å²) < 4.78 is 13.6. The maximum Gasteiger partial charge on any atom is 0.224 e. The van der Waals surface area contributed by atoms with E-state index in [0.717, 1.165) is 25.9 Å². The lowest BCUT2D eigenvalue weighted by molar-refractivity contribution is -0.130. The number of amides is 1. The van der Waals surface area contributed by atoms with Crippen molar-refractivity contribution >= 4 is 17.5 Å². The van der Waals surface area contributed by atoms with E-state index in [1.807, 2.05) is 0 Å². The van der Waals surface area contributed by atoms with Crippen LogP contribution in [0.4, 0.5) is 4.39 Å². The standard InChI is InChI=1S/C13H16ClFN2O/c14-9-4-3-5-10(15)13(9)11(16)8-12(18)17-6-1-2-7-17/h3-5,11H,1-2,6-8,16H2. The zero-order chi connectivity index (χ0) is 13.1. The van der Waals surface area contributed by atoms with Crippen LogP contribution >= 0.6 is 11.6 Å². The molecular formula is C13H16ClFN2O. The number of benzene rings is 1. The van der Waals surface area contributed by atoms with Gasteiger partial charge in [-0.25, -0.2) is 4.39 Å². The molecule has 5 heteroatoms. The molecule has 18 heavy (non-hydrogen) atoms. The van der Waals surface area contributed by atoms with Crippen LogP contribution in [0.1, 0.15) is 30.9 Å². The molecule has 0 aliphatic carbocycles. The molecule has 0 aromatic heterocycles. The second-order valence-corrected chi connectivity index (χ2v) is 4.94. The summed E-state index contributed by atoms with van der Waals surface area (Å²) in [5, 5.41) is 0.275. The van der Waals surface area contributed by atoms with Gasteiger partial charge >= 0.3 is 0 Å². The van der Waals surface area contributed by atoms with E-state index in [0.29, 0.717) is 0 Å². The average molecular weight is 271 g/mol. The molecule has 0 bridgehead atoms. The highest BCUT2D eigenvalue weighted by atomic mass is 35.5. The Morgan fingerprint density at radius 2 is 2.11 bits per heavy atom. The largest absolute Gasteiger partial charge is 0.343 e. The maximum atomic E-state index is 13.6. The molecule has 0 spiro atoms. The first-order valence-electron chi connectivity index (χ1n) is 6.07. The van der Waals surface area contributed by atoms with Gasteiger partial charge in [0.05, 0.1) is 0 Å². The van der Waals surface area contributed by atoms with Gasteiger partial charge in [-0.2, -0.15) is 0 Å². The fraction of sp³-hybridized carbons (Fsp3) is 0.462. The number of likely N-dealkylation sites (tertiary alicyclic amines) is 1. The van der Waals surface area contributed by atoms with Crippen molar-refractivity contribution in [2.45, 2.75) is 25.3 Å². The summed E-state index contributed by atoms with van der Waals surface area (Å²) in [4.78, 5) is 13.7. The van der Waals surface area contributed by atoms with Gasteiger partial charge < -0.3 is 10.6 Å². The number of carbonyl (C=O) groups excluding carboxylic acids is 1. The molecule has 2 rings (SSSR count). The molecule has 1 aliphatic heterocycles. The monoisotopic (exact) mass is 270 g/mol. The quantitative estimate of drug-likeness (QED) is 0.917. The van der Waals surface area contributed by atoms with Crippen molar-refractivity contribution in [3.8, 4) is 0 Å². The Morgan fingerprint density at radius 3 is 2.72 bits per heavy atom. The van der Waals surface area contributed by atoms with Crippen LogP contribution in [0.2, 0.25) is 5.02 Å². The minimum absolute atomic E-state index is 0.0284. The molecule has 98 valence electrons. The van der Waals surface area contributed by atoms with E-state index >= 15 is 0 Å². The Morgan fingerprint density at radius 1 is 1.44 bits per heavy atom. The summed E-state index contributed by atoms with van der Waals surface area (Å²) >= 11 is 5.92. The summed E-state index contributed by atoms with van der Waals surface area (Å²) in [6, 6.07) is 3.73. The predicted molar refractivity (Wildman–Crippen MR) is 68.8 cm³/mol. The Balaban J connectivity index is 2.07. The van der Waals surface area contributed by atoms with Crippen molar-refractivity contribution in [1.82, 2.24) is 4.90 Å². The van der Waals surface area contributed by atoms with Gasteiger partial charge in [0.25, 0.3) is 0 Å². The third-order valence-corrected chi connectivity index (χ3v) is 3.55. The fourth-order valence-corrected chi connectivity index (χ4v) is 2.55. The van der Waals surface area contributed by atoms with Crippen molar-refractivity contribution in [1.29, 1.82) is 0 Å². The highest BCUT2D eigenvalue weighted by molar-refractivity contribution is 6.31. The summed E-state index contributed by atoms with van der Waals surface area (Å²) in [5.74, 6) is -0.483. The van der Waals surface area contributed by atoms with Gasteiger partial charge in [-0.15, -0.1) is 0 Å². The molecule has 0 saturated carbocycles. The van der Waals surface area contributed by atoms with Gasteiger partial charge in [0.15, 0.2) is 0 Å². The van der Waals surface area contributed by atoms with Crippen LogP contribution in [0.25, 0.3) is 0 Å². The molecule has 1 amide bonds. The summed E-state index contributed by atoms with van der Waals surface area (Å²) in [6.07, 6.45) is 2.16. The highest BCUT2D eigenvalue weighted by Crippen LogP contribution is 2.27. The predicted octanol–water partition coefficient (Wildman–Crippen LogP) is 2.49. The van der Waals surface area contributed by atoms with E-state index in [4.69, 9.17) is 17.3 Å². The number of rotatable bonds is 3. The van der Waals surface area contributed by atoms with Crippen LogP contribution in [0.5, 0.6) is 0 Å². The molecule has 1 aromatic carbocycles. The molecule has 3 nitrogen and oxygen atoms in total. The summed E-state index contributed by atoms with van der Waals surface area (Å²) in [7, 11) is 0. The van der Waals surface area contributed by atoms with Gasteiger partial charge in [-0.3, -0.25) is 4.79 Å². The smallest absolute Gasteiger partial charge is 0.224 e. The Kier molecular flexibility index (Phi) is 4.19. The van der Waals surface area contributed by atoms with Crippen molar-refractivity contribution in [2.75, 3.05) is 13.1 Å². The second-order valence-electron chi connectivity index (χ2n) is 4.53. The Bertz CT molecular complexity index is 426. The van der Waals surface area contributed by atoms with Crippen LogP contribution in [0, 0.1) is 5.82 Å². The summed E-state index contributed by atoms with van der Waals surface area (Å²) in [5.41, 5.74) is 6.12. The first kappa shape index (κ1) is 13.3. The average Bonchev–Trinajstić information content (AvgIpc) is 2.81. The van der Waals surface area contributed by atoms with E-state index in [1.54, 1.807) is 11.0 Å². The van der Waals surface area contributed by atoms with Crippen LogP contribution in [0.15, 0.2) is 18.2 Å². The number of carbonyl (C=O) groups is 1. The van der Waals surface area contributed by atoms with Crippen LogP contribution < -0.4 is 5.73 Å². The fourth-order valence-electron chi connectivity index (χ4n) is 2.25. The van der Waals surface area contributed by atoms with Crippen molar-refractivity contribution < 1.29 is 9.18 Å². The van der Waals surface area contributed by atoms with Crippen LogP contribution in [-0.4, -0.2) is 23.9 Å². The number of nitrogens with zero attached hydrogens (tertiary/aromatic N) is 1. The normalized spacial score (nSPS) is 16.9. The van der Waals surface area contributed by atoms with Crippen molar-refractivity contribution in [2.24, 2.45) is 5.73 Å². The Labute approximate surface area is 111 Å². The minimum Gasteiger partial charge on any atom is -0.343 e. The zero-order valence-corrected chi connectivity index (χ0v) is 10.8. The molecule has 0 radical (unpaired) electrons. The molecule has 1 fully saturated rings. The molecule has 1 saturated heterocycles. The first-order valence-corrected chi connectivity index (χ1v) is 6.44. The van der Waals surface area contributed by atoms with E-state index in [9.17, 15) is 9.18 Å². The van der Waals surface area contributed by atoms with Gasteiger partial charge in [0, 0.05) is 36.1 Å². The minimum atomic E-state index is -0.688. The van der Waals surface area contributed by atoms with Crippen molar-refractivity contribution in [3.63, 3.8) is 0 Å². The lowest BCUT2D eigenvalue weighted by Crippen LogP contribution is -2.31. The van der Waals surface area contributed by atoms with Gasteiger partial charge in [-0.1, -0.05) is 17.7 Å². The van der Waals surface area contributed by atoms with E-state index in [1.165, 1.54) is 12.1 Å². The molecule has 1 unspecified atom stereocenters. The lowest BCUT2D eigenvalue weighted by atomic mass is 10.0. The number of hydrogen-bond acceptors (Lipinski definition) is 2. The van der Waals surface area contributed by atoms with Gasteiger partial charge in [-0.05, 0) is 25.0 Å². The third kappa shape index (κ3) is 2.82. The third-order valence-electron chi connectivity index (χ3n) is 3.22.